The van der Waals surface area contributed by atoms with Crippen molar-refractivity contribution in [2.45, 2.75) is 45.2 Å². The Morgan fingerprint density at radius 3 is 2.40 bits per heavy atom. The van der Waals surface area contributed by atoms with Gasteiger partial charge in [-0.1, -0.05) is 0 Å². The van der Waals surface area contributed by atoms with Crippen LogP contribution < -0.4 is 5.32 Å². The normalized spacial score (nSPS) is 13.8. The third-order valence-electron chi connectivity index (χ3n) is 2.69. The smallest absolute Gasteiger partial charge is 0.407 e. The third kappa shape index (κ3) is 6.33. The molecule has 0 heterocycles. The Labute approximate surface area is 93.0 Å². The summed E-state index contributed by atoms with van der Waals surface area (Å²) in [5, 5.41) is 2.82. The van der Waals surface area contributed by atoms with Gasteiger partial charge in [0.1, 0.15) is 0 Å². The van der Waals surface area contributed by atoms with Crippen LogP contribution in [0.4, 0.5) is 4.79 Å². The van der Waals surface area contributed by atoms with Crippen LogP contribution in [0.3, 0.4) is 0 Å². The first-order chi connectivity index (χ1) is 6.78. The Morgan fingerprint density at radius 2 is 2.00 bits per heavy atom. The molecule has 1 atom stereocenters. The Hall–Kier alpha value is -0.770. The molecule has 0 aromatic heterocycles. The van der Waals surface area contributed by atoms with Gasteiger partial charge in [0.05, 0.1) is 7.11 Å². The molecule has 1 N–H and O–H groups in total. The van der Waals surface area contributed by atoms with E-state index in [4.69, 9.17) is 0 Å². The van der Waals surface area contributed by atoms with Crippen LogP contribution in [-0.2, 0) is 4.74 Å². The van der Waals surface area contributed by atoms with E-state index < -0.39 is 0 Å². The minimum absolute atomic E-state index is 0.211. The van der Waals surface area contributed by atoms with E-state index in [-0.39, 0.29) is 11.6 Å². The van der Waals surface area contributed by atoms with Gasteiger partial charge in [0.25, 0.3) is 0 Å². The molecule has 0 saturated heterocycles. The molecule has 0 aliphatic carbocycles. The van der Waals surface area contributed by atoms with Crippen LogP contribution in [0.2, 0.25) is 0 Å². The third-order valence-corrected chi connectivity index (χ3v) is 2.69. The summed E-state index contributed by atoms with van der Waals surface area (Å²) >= 11 is 0. The Bertz CT molecular complexity index is 203. The number of carbonyl (C=O) groups excluding carboxylic acids is 1. The van der Waals surface area contributed by atoms with Gasteiger partial charge < -0.3 is 15.0 Å². The van der Waals surface area contributed by atoms with Gasteiger partial charge in [0.2, 0.25) is 0 Å². The fraction of sp³-hybridized carbons (Fsp3) is 0.909. The summed E-state index contributed by atoms with van der Waals surface area (Å²) in [5.41, 5.74) is -0.211. The summed E-state index contributed by atoms with van der Waals surface area (Å²) in [6.07, 6.45) is 1.61. The predicted molar refractivity (Wildman–Crippen MR) is 62.0 cm³/mol. The van der Waals surface area contributed by atoms with E-state index in [0.717, 1.165) is 12.8 Å². The average molecular weight is 216 g/mol. The summed E-state index contributed by atoms with van der Waals surface area (Å²) in [6, 6.07) is 0.517. The van der Waals surface area contributed by atoms with E-state index in [1.165, 1.54) is 7.11 Å². The van der Waals surface area contributed by atoms with Crippen molar-refractivity contribution in [2.24, 2.45) is 0 Å². The maximum Gasteiger partial charge on any atom is 0.407 e. The summed E-state index contributed by atoms with van der Waals surface area (Å²) in [4.78, 5) is 13.2. The zero-order chi connectivity index (χ0) is 12.1. The number of hydrogen-bond acceptors (Lipinski definition) is 3. The van der Waals surface area contributed by atoms with Crippen molar-refractivity contribution in [3.63, 3.8) is 0 Å². The Balaban J connectivity index is 3.98. The molecule has 15 heavy (non-hydrogen) atoms. The lowest BCUT2D eigenvalue weighted by molar-refractivity contribution is 0.155. The SMILES string of the molecule is COC(=O)NC(C)(C)CCC(C)N(C)C. The number of nitrogens with one attached hydrogen (secondary N) is 1. The maximum atomic E-state index is 11.1. The molecule has 0 bridgehead atoms. The largest absolute Gasteiger partial charge is 0.453 e. The summed E-state index contributed by atoms with van der Waals surface area (Å²) in [5.74, 6) is 0. The number of carbonyl (C=O) groups is 1. The molecule has 1 unspecified atom stereocenters. The standard InChI is InChI=1S/C11H24N2O2/c1-9(13(4)5)7-8-11(2,3)12-10(14)15-6/h9H,7-8H2,1-6H3,(H,12,14). The van der Waals surface area contributed by atoms with Crippen LogP contribution in [0.25, 0.3) is 0 Å². The second kappa shape index (κ2) is 5.95. The molecule has 0 radical (unpaired) electrons. The van der Waals surface area contributed by atoms with Gasteiger partial charge in [-0.3, -0.25) is 0 Å². The molecule has 0 aliphatic heterocycles. The van der Waals surface area contributed by atoms with Gasteiger partial charge in [0.15, 0.2) is 0 Å². The first-order valence-corrected chi connectivity index (χ1v) is 5.31. The highest BCUT2D eigenvalue weighted by Gasteiger charge is 2.21. The van der Waals surface area contributed by atoms with Crippen molar-refractivity contribution < 1.29 is 9.53 Å². The lowest BCUT2D eigenvalue weighted by atomic mass is 9.96. The van der Waals surface area contributed by atoms with Gasteiger partial charge in [-0.05, 0) is 47.7 Å². The van der Waals surface area contributed by atoms with Crippen LogP contribution in [0, 0.1) is 0 Å². The van der Waals surface area contributed by atoms with E-state index in [2.05, 4.69) is 36.0 Å². The summed E-state index contributed by atoms with van der Waals surface area (Å²) < 4.78 is 4.58. The molecule has 0 aliphatic rings. The van der Waals surface area contributed by atoms with Gasteiger partial charge in [-0.2, -0.15) is 0 Å². The van der Waals surface area contributed by atoms with E-state index >= 15 is 0 Å². The highest BCUT2D eigenvalue weighted by atomic mass is 16.5. The van der Waals surface area contributed by atoms with Gasteiger partial charge in [0, 0.05) is 11.6 Å². The van der Waals surface area contributed by atoms with E-state index in [0.29, 0.717) is 6.04 Å². The molecular weight excluding hydrogens is 192 g/mol. The topological polar surface area (TPSA) is 41.6 Å². The maximum absolute atomic E-state index is 11.1. The quantitative estimate of drug-likeness (QED) is 0.762. The molecule has 0 aromatic rings. The van der Waals surface area contributed by atoms with Crippen LogP contribution in [0.5, 0.6) is 0 Å². The van der Waals surface area contributed by atoms with Crippen molar-refractivity contribution in [2.75, 3.05) is 21.2 Å². The van der Waals surface area contributed by atoms with Crippen molar-refractivity contribution in [3.8, 4) is 0 Å². The number of alkyl carbamates (subject to hydrolysis) is 1. The first kappa shape index (κ1) is 14.2. The van der Waals surface area contributed by atoms with Crippen LogP contribution in [0.15, 0.2) is 0 Å². The van der Waals surface area contributed by atoms with Crippen molar-refractivity contribution in [1.82, 2.24) is 10.2 Å². The molecule has 4 nitrogen and oxygen atoms in total. The van der Waals surface area contributed by atoms with Gasteiger partial charge in [-0.25, -0.2) is 4.79 Å². The molecular formula is C11H24N2O2. The summed E-state index contributed by atoms with van der Waals surface area (Å²) in [6.45, 7) is 6.19. The second-order valence-electron chi connectivity index (χ2n) is 4.85. The zero-order valence-corrected chi connectivity index (χ0v) is 10.8. The van der Waals surface area contributed by atoms with E-state index in [1.807, 2.05) is 13.8 Å². The molecule has 0 rings (SSSR count). The highest BCUT2D eigenvalue weighted by Crippen LogP contribution is 2.14. The zero-order valence-electron chi connectivity index (χ0n) is 10.8. The van der Waals surface area contributed by atoms with Crippen LogP contribution >= 0.6 is 0 Å². The fourth-order valence-electron chi connectivity index (χ4n) is 1.22. The minimum Gasteiger partial charge on any atom is -0.453 e. The molecule has 0 spiro atoms. The molecule has 0 saturated carbocycles. The highest BCUT2D eigenvalue weighted by molar-refractivity contribution is 5.67. The minimum atomic E-state index is -0.363. The average Bonchev–Trinajstić information content (AvgIpc) is 2.13. The predicted octanol–water partition coefficient (Wildman–Crippen LogP) is 1.85. The monoisotopic (exact) mass is 216 g/mol. The number of amides is 1. The molecule has 4 heteroatoms. The number of methoxy groups -OCH3 is 1. The lowest BCUT2D eigenvalue weighted by Crippen LogP contribution is -2.44. The molecule has 90 valence electrons. The molecule has 0 aromatic carbocycles. The fourth-order valence-corrected chi connectivity index (χ4v) is 1.22. The number of hydrogen-bond donors (Lipinski definition) is 1. The van der Waals surface area contributed by atoms with Crippen LogP contribution in [0.1, 0.15) is 33.6 Å². The van der Waals surface area contributed by atoms with E-state index in [9.17, 15) is 4.79 Å². The molecule has 0 fully saturated rings. The number of ether oxygens (including phenoxy) is 1. The second-order valence-corrected chi connectivity index (χ2v) is 4.85. The van der Waals surface area contributed by atoms with Crippen LogP contribution in [-0.4, -0.2) is 43.8 Å². The van der Waals surface area contributed by atoms with E-state index in [1.54, 1.807) is 0 Å². The Morgan fingerprint density at radius 1 is 1.47 bits per heavy atom. The van der Waals surface area contributed by atoms with Gasteiger partial charge >= 0.3 is 6.09 Å². The van der Waals surface area contributed by atoms with Crippen molar-refractivity contribution in [3.05, 3.63) is 0 Å². The first-order valence-electron chi connectivity index (χ1n) is 5.31. The van der Waals surface area contributed by atoms with Crippen molar-refractivity contribution in [1.29, 1.82) is 0 Å². The molecule has 1 amide bonds. The summed E-state index contributed by atoms with van der Waals surface area (Å²) in [7, 11) is 5.50. The Kier molecular flexibility index (Phi) is 5.65. The lowest BCUT2D eigenvalue weighted by Gasteiger charge is -2.28. The van der Waals surface area contributed by atoms with Gasteiger partial charge in [-0.15, -0.1) is 0 Å². The number of rotatable bonds is 5. The number of nitrogens with zero attached hydrogens (tertiary/aromatic N) is 1. The van der Waals surface area contributed by atoms with Crippen molar-refractivity contribution >= 4 is 6.09 Å².